The largest absolute Gasteiger partial charge is 0.478 e. The minimum Gasteiger partial charge on any atom is -0.478 e. The lowest BCUT2D eigenvalue weighted by atomic mass is 10.1. The second kappa shape index (κ2) is 6.14. The molecule has 0 saturated carbocycles. The number of amides is 1. The number of carbonyl (C=O) groups is 2. The highest BCUT2D eigenvalue weighted by Crippen LogP contribution is 2.10. The molecule has 0 saturated heterocycles. The first-order valence-electron chi connectivity index (χ1n) is 5.97. The molecule has 18 heavy (non-hydrogen) atoms. The highest BCUT2D eigenvalue weighted by molar-refractivity contribution is 5.93. The zero-order valence-electron chi connectivity index (χ0n) is 10.9. The van der Waals surface area contributed by atoms with Crippen molar-refractivity contribution in [1.29, 1.82) is 0 Å². The maximum absolute atomic E-state index is 12.1. The van der Waals surface area contributed by atoms with Crippen LogP contribution in [0.2, 0.25) is 0 Å². The van der Waals surface area contributed by atoms with Gasteiger partial charge in [-0.25, -0.2) is 4.79 Å². The molecule has 1 rings (SSSR count). The van der Waals surface area contributed by atoms with Gasteiger partial charge in [-0.05, 0) is 25.0 Å². The Labute approximate surface area is 106 Å². The molecule has 0 aromatic carbocycles. The summed E-state index contributed by atoms with van der Waals surface area (Å²) in [5.74, 6) is -1.23. The van der Waals surface area contributed by atoms with Gasteiger partial charge in [-0.2, -0.15) is 0 Å². The van der Waals surface area contributed by atoms with Crippen LogP contribution in [0, 0.1) is 0 Å². The lowest BCUT2D eigenvalue weighted by Crippen LogP contribution is -2.36. The van der Waals surface area contributed by atoms with E-state index in [4.69, 9.17) is 5.11 Å². The van der Waals surface area contributed by atoms with Crippen molar-refractivity contribution in [3.8, 4) is 0 Å². The molecule has 0 aliphatic heterocycles. The van der Waals surface area contributed by atoms with Gasteiger partial charge in [0.15, 0.2) is 0 Å². The predicted molar refractivity (Wildman–Crippen MR) is 67.7 cm³/mol. The summed E-state index contributed by atoms with van der Waals surface area (Å²) in [6, 6.07) is 3.02. The van der Waals surface area contributed by atoms with Crippen LogP contribution in [-0.4, -0.2) is 40.0 Å². The zero-order chi connectivity index (χ0) is 13.7. The number of carboxylic acid groups (broad SMARTS) is 1. The Kier molecular flexibility index (Phi) is 4.83. The van der Waals surface area contributed by atoms with E-state index in [-0.39, 0.29) is 23.2 Å². The quantitative estimate of drug-likeness (QED) is 0.868. The molecular formula is C13H18N2O3. The molecule has 0 fully saturated rings. The number of rotatable bonds is 5. The smallest absolute Gasteiger partial charge is 0.337 e. The van der Waals surface area contributed by atoms with Gasteiger partial charge in [0.1, 0.15) is 5.69 Å². The van der Waals surface area contributed by atoms with Crippen molar-refractivity contribution >= 4 is 11.9 Å². The minimum atomic E-state index is -1.05. The van der Waals surface area contributed by atoms with Crippen LogP contribution in [0.1, 0.15) is 47.5 Å². The molecule has 1 amide bonds. The summed E-state index contributed by atoms with van der Waals surface area (Å²) in [6.07, 6.45) is 2.97. The Morgan fingerprint density at radius 3 is 2.33 bits per heavy atom. The van der Waals surface area contributed by atoms with E-state index < -0.39 is 5.97 Å². The Morgan fingerprint density at radius 1 is 1.33 bits per heavy atom. The normalized spacial score (nSPS) is 10.4. The van der Waals surface area contributed by atoms with Crippen molar-refractivity contribution in [2.45, 2.75) is 32.7 Å². The van der Waals surface area contributed by atoms with Gasteiger partial charge in [-0.3, -0.25) is 9.78 Å². The molecule has 0 bridgehead atoms. The Hall–Kier alpha value is -1.91. The van der Waals surface area contributed by atoms with Crippen LogP contribution >= 0.6 is 0 Å². The molecule has 0 atom stereocenters. The van der Waals surface area contributed by atoms with E-state index in [2.05, 4.69) is 4.98 Å². The van der Waals surface area contributed by atoms with E-state index in [0.29, 0.717) is 0 Å². The van der Waals surface area contributed by atoms with Gasteiger partial charge >= 0.3 is 5.97 Å². The molecule has 5 nitrogen and oxygen atoms in total. The SMILES string of the molecule is CCC(CC)N(C)C(=O)c1ccc(C(=O)O)cn1. The third-order valence-corrected chi connectivity index (χ3v) is 3.04. The molecule has 0 radical (unpaired) electrons. The fourth-order valence-electron chi connectivity index (χ4n) is 1.83. The number of pyridine rings is 1. The van der Waals surface area contributed by atoms with Gasteiger partial charge in [0.2, 0.25) is 0 Å². The molecule has 0 unspecified atom stereocenters. The average Bonchev–Trinajstić information content (AvgIpc) is 2.39. The summed E-state index contributed by atoms with van der Waals surface area (Å²) in [6.45, 7) is 4.05. The molecule has 5 heteroatoms. The first-order chi connectivity index (χ1) is 8.51. The molecule has 1 aromatic rings. The van der Waals surface area contributed by atoms with Crippen molar-refractivity contribution in [2.75, 3.05) is 7.05 Å². The number of hydrogen-bond donors (Lipinski definition) is 1. The summed E-state index contributed by atoms with van der Waals surface area (Å²) in [5.41, 5.74) is 0.353. The molecule has 0 spiro atoms. The van der Waals surface area contributed by atoms with Gasteiger partial charge in [0.25, 0.3) is 5.91 Å². The van der Waals surface area contributed by atoms with Gasteiger partial charge in [-0.15, -0.1) is 0 Å². The fourth-order valence-corrected chi connectivity index (χ4v) is 1.83. The minimum absolute atomic E-state index is 0.0803. The Balaban J connectivity index is 2.87. The standard InChI is InChI=1S/C13H18N2O3/c1-4-10(5-2)15(3)12(16)11-7-6-9(8-14-11)13(17)18/h6-8,10H,4-5H2,1-3H3,(H,17,18). The lowest BCUT2D eigenvalue weighted by molar-refractivity contribution is 0.0688. The Morgan fingerprint density at radius 2 is 1.94 bits per heavy atom. The molecule has 1 N–H and O–H groups in total. The maximum atomic E-state index is 12.1. The summed E-state index contributed by atoms with van der Waals surface area (Å²) in [4.78, 5) is 28.3. The summed E-state index contributed by atoms with van der Waals surface area (Å²) in [7, 11) is 1.74. The number of nitrogens with zero attached hydrogens (tertiary/aromatic N) is 2. The van der Waals surface area contributed by atoms with Crippen LogP contribution in [-0.2, 0) is 0 Å². The fraction of sp³-hybridized carbons (Fsp3) is 0.462. The first-order valence-corrected chi connectivity index (χ1v) is 5.97. The van der Waals surface area contributed by atoms with E-state index in [1.807, 2.05) is 13.8 Å². The molecule has 1 aromatic heterocycles. The van der Waals surface area contributed by atoms with E-state index in [0.717, 1.165) is 12.8 Å². The lowest BCUT2D eigenvalue weighted by Gasteiger charge is -2.25. The second-order valence-corrected chi connectivity index (χ2v) is 4.12. The van der Waals surface area contributed by atoms with Crippen molar-refractivity contribution in [3.05, 3.63) is 29.6 Å². The van der Waals surface area contributed by atoms with Crippen molar-refractivity contribution < 1.29 is 14.7 Å². The van der Waals surface area contributed by atoms with Crippen LogP contribution in [0.15, 0.2) is 18.3 Å². The average molecular weight is 250 g/mol. The molecule has 0 aliphatic carbocycles. The number of carboxylic acids is 1. The van der Waals surface area contributed by atoms with Gasteiger partial charge in [0, 0.05) is 19.3 Å². The molecule has 0 aliphatic rings. The topological polar surface area (TPSA) is 70.5 Å². The number of aromatic carboxylic acids is 1. The summed E-state index contributed by atoms with van der Waals surface area (Å²) in [5, 5.41) is 8.75. The van der Waals surface area contributed by atoms with Gasteiger partial charge < -0.3 is 10.0 Å². The van der Waals surface area contributed by atoms with Crippen LogP contribution in [0.25, 0.3) is 0 Å². The monoisotopic (exact) mass is 250 g/mol. The van der Waals surface area contributed by atoms with Gasteiger partial charge in [-0.1, -0.05) is 13.8 Å². The van der Waals surface area contributed by atoms with Crippen molar-refractivity contribution in [2.24, 2.45) is 0 Å². The van der Waals surface area contributed by atoms with E-state index in [9.17, 15) is 9.59 Å². The third kappa shape index (κ3) is 3.06. The van der Waals surface area contributed by atoms with Crippen LogP contribution in [0.3, 0.4) is 0 Å². The maximum Gasteiger partial charge on any atom is 0.337 e. The molecule has 1 heterocycles. The number of carbonyl (C=O) groups excluding carboxylic acids is 1. The van der Waals surface area contributed by atoms with E-state index in [1.165, 1.54) is 18.3 Å². The summed E-state index contributed by atoms with van der Waals surface area (Å²) < 4.78 is 0. The van der Waals surface area contributed by atoms with Crippen LogP contribution in [0.5, 0.6) is 0 Å². The number of aromatic nitrogens is 1. The van der Waals surface area contributed by atoms with Crippen LogP contribution < -0.4 is 0 Å². The van der Waals surface area contributed by atoms with Gasteiger partial charge in [0.05, 0.1) is 5.56 Å². The van der Waals surface area contributed by atoms with Crippen molar-refractivity contribution in [3.63, 3.8) is 0 Å². The van der Waals surface area contributed by atoms with Crippen LogP contribution in [0.4, 0.5) is 0 Å². The number of hydrogen-bond acceptors (Lipinski definition) is 3. The molecular weight excluding hydrogens is 232 g/mol. The predicted octanol–water partition coefficient (Wildman–Crippen LogP) is 2.04. The summed E-state index contributed by atoms with van der Waals surface area (Å²) >= 11 is 0. The van der Waals surface area contributed by atoms with Crippen molar-refractivity contribution in [1.82, 2.24) is 9.88 Å². The van der Waals surface area contributed by atoms with E-state index in [1.54, 1.807) is 11.9 Å². The third-order valence-electron chi connectivity index (χ3n) is 3.04. The molecule has 98 valence electrons. The zero-order valence-corrected chi connectivity index (χ0v) is 10.9. The van der Waals surface area contributed by atoms with E-state index >= 15 is 0 Å². The second-order valence-electron chi connectivity index (χ2n) is 4.12. The first kappa shape index (κ1) is 14.2. The highest BCUT2D eigenvalue weighted by Gasteiger charge is 2.19. The Bertz CT molecular complexity index is 424. The highest BCUT2D eigenvalue weighted by atomic mass is 16.4.